The van der Waals surface area contributed by atoms with E-state index in [1.54, 1.807) is 13.0 Å². The summed E-state index contributed by atoms with van der Waals surface area (Å²) in [6.07, 6.45) is 2.89. The number of anilines is 1. The Kier molecular flexibility index (Phi) is 4.46. The number of nitrogens with one attached hydrogen (secondary N) is 1. The van der Waals surface area contributed by atoms with Crippen LogP contribution in [0.15, 0.2) is 30.6 Å². The van der Waals surface area contributed by atoms with Gasteiger partial charge in [-0.2, -0.15) is 8.78 Å². The first-order valence-electron chi connectivity index (χ1n) is 6.28. The van der Waals surface area contributed by atoms with Crippen LogP contribution in [-0.4, -0.2) is 21.0 Å². The summed E-state index contributed by atoms with van der Waals surface area (Å²) in [5, 5.41) is 13.7. The molecule has 112 valence electrons. The van der Waals surface area contributed by atoms with Gasteiger partial charge in [0.25, 0.3) is 5.69 Å². The number of imidazole rings is 1. The lowest BCUT2D eigenvalue weighted by molar-refractivity contribution is -0.384. The predicted octanol–water partition coefficient (Wildman–Crippen LogP) is 3.15. The second-order valence-electron chi connectivity index (χ2n) is 4.46. The Morgan fingerprint density at radius 3 is 2.86 bits per heavy atom. The topological polar surface area (TPSA) is 73.0 Å². The van der Waals surface area contributed by atoms with E-state index in [1.807, 2.05) is 0 Å². The van der Waals surface area contributed by atoms with Gasteiger partial charge < -0.3 is 5.32 Å². The number of aryl methyl sites for hydroxylation is 1. The molecule has 6 nitrogen and oxygen atoms in total. The predicted molar refractivity (Wildman–Crippen MR) is 73.5 cm³/mol. The van der Waals surface area contributed by atoms with Gasteiger partial charge in [0, 0.05) is 43.2 Å². The molecular formula is C13H14F2N4O2. The monoisotopic (exact) mass is 296 g/mol. The first kappa shape index (κ1) is 14.9. The molecule has 0 atom stereocenters. The van der Waals surface area contributed by atoms with Crippen molar-refractivity contribution in [2.24, 2.45) is 0 Å². The van der Waals surface area contributed by atoms with Gasteiger partial charge in [0.05, 0.1) is 4.92 Å². The number of aromatic nitrogens is 2. The van der Waals surface area contributed by atoms with Crippen LogP contribution in [0.2, 0.25) is 0 Å². The highest BCUT2D eigenvalue weighted by Gasteiger charge is 2.11. The third-order valence-electron chi connectivity index (χ3n) is 3.04. The number of nitrogens with zero attached hydrogens (tertiary/aromatic N) is 3. The van der Waals surface area contributed by atoms with Crippen molar-refractivity contribution in [2.75, 3.05) is 11.9 Å². The van der Waals surface area contributed by atoms with Crippen LogP contribution in [0.3, 0.4) is 0 Å². The number of rotatable bonds is 6. The minimum absolute atomic E-state index is 0.0197. The lowest BCUT2D eigenvalue weighted by Gasteiger charge is -2.10. The highest BCUT2D eigenvalue weighted by molar-refractivity contribution is 5.55. The molecule has 0 unspecified atom stereocenters. The van der Waals surface area contributed by atoms with Gasteiger partial charge >= 0.3 is 6.55 Å². The molecule has 1 aromatic heterocycles. The van der Waals surface area contributed by atoms with Crippen LogP contribution >= 0.6 is 0 Å². The number of hydrogen-bond donors (Lipinski definition) is 1. The van der Waals surface area contributed by atoms with Crippen LogP contribution in [0.5, 0.6) is 0 Å². The third-order valence-corrected chi connectivity index (χ3v) is 3.04. The van der Waals surface area contributed by atoms with E-state index in [9.17, 15) is 18.9 Å². The SMILES string of the molecule is Cc1cc([N+](=O)[O-])ccc1NCCc1nccn1C(F)F. The fraction of sp³-hybridized carbons (Fsp3) is 0.308. The zero-order chi connectivity index (χ0) is 15.4. The molecular weight excluding hydrogens is 282 g/mol. The van der Waals surface area contributed by atoms with E-state index in [4.69, 9.17) is 0 Å². The normalized spacial score (nSPS) is 10.9. The van der Waals surface area contributed by atoms with Gasteiger partial charge in [-0.3, -0.25) is 14.7 Å². The van der Waals surface area contributed by atoms with Gasteiger partial charge in [0.15, 0.2) is 0 Å². The van der Waals surface area contributed by atoms with Gasteiger partial charge in [0.2, 0.25) is 0 Å². The number of hydrogen-bond acceptors (Lipinski definition) is 4. The van der Waals surface area contributed by atoms with Gasteiger partial charge in [-0.05, 0) is 18.6 Å². The molecule has 2 aromatic rings. The van der Waals surface area contributed by atoms with Gasteiger partial charge in [-0.15, -0.1) is 0 Å². The summed E-state index contributed by atoms with van der Waals surface area (Å²) in [5.41, 5.74) is 1.48. The molecule has 0 radical (unpaired) electrons. The maximum Gasteiger partial charge on any atom is 0.319 e. The maximum atomic E-state index is 12.6. The standard InChI is InChI=1S/C13H14F2N4O2/c1-9-8-10(19(20)21)2-3-11(9)16-5-4-12-17-6-7-18(12)13(14)15/h2-3,6-8,13,16H,4-5H2,1H3. The molecule has 8 heteroatoms. The molecule has 2 rings (SSSR count). The summed E-state index contributed by atoms with van der Waals surface area (Å²) in [4.78, 5) is 14.1. The summed E-state index contributed by atoms with van der Waals surface area (Å²) in [6.45, 7) is -0.457. The molecule has 1 N–H and O–H groups in total. The summed E-state index contributed by atoms with van der Waals surface area (Å²) < 4.78 is 26.1. The van der Waals surface area contributed by atoms with Crippen LogP contribution < -0.4 is 5.32 Å². The second-order valence-corrected chi connectivity index (χ2v) is 4.46. The molecule has 0 aliphatic rings. The van der Waals surface area contributed by atoms with E-state index >= 15 is 0 Å². The maximum absolute atomic E-state index is 12.6. The van der Waals surface area contributed by atoms with E-state index in [0.717, 1.165) is 15.8 Å². The molecule has 0 saturated carbocycles. The van der Waals surface area contributed by atoms with Crippen LogP contribution in [0.25, 0.3) is 0 Å². The van der Waals surface area contributed by atoms with Gasteiger partial charge in [-0.1, -0.05) is 0 Å². The Labute approximate surface area is 119 Å². The molecule has 0 saturated heterocycles. The first-order valence-corrected chi connectivity index (χ1v) is 6.28. The van der Waals surface area contributed by atoms with Crippen LogP contribution in [0.1, 0.15) is 17.9 Å². The molecule has 1 aromatic carbocycles. The molecule has 0 aliphatic heterocycles. The van der Waals surface area contributed by atoms with Crippen molar-refractivity contribution in [1.82, 2.24) is 9.55 Å². The quantitative estimate of drug-likeness (QED) is 0.656. The fourth-order valence-corrected chi connectivity index (χ4v) is 1.98. The Morgan fingerprint density at radius 2 is 2.24 bits per heavy atom. The van der Waals surface area contributed by atoms with Gasteiger partial charge in [0.1, 0.15) is 5.82 Å². The average molecular weight is 296 g/mol. The van der Waals surface area contributed by atoms with Crippen molar-refractivity contribution in [2.45, 2.75) is 19.9 Å². The number of nitro groups is 1. The van der Waals surface area contributed by atoms with Crippen molar-refractivity contribution < 1.29 is 13.7 Å². The molecule has 1 heterocycles. The highest BCUT2D eigenvalue weighted by atomic mass is 19.3. The Morgan fingerprint density at radius 1 is 1.48 bits per heavy atom. The van der Waals surface area contributed by atoms with Crippen LogP contribution in [0.4, 0.5) is 20.2 Å². The minimum Gasteiger partial charge on any atom is -0.384 e. The van der Waals surface area contributed by atoms with Crippen LogP contribution in [0, 0.1) is 17.0 Å². The van der Waals surface area contributed by atoms with Crippen LogP contribution in [-0.2, 0) is 6.42 Å². The van der Waals surface area contributed by atoms with Crippen molar-refractivity contribution in [3.05, 3.63) is 52.1 Å². The summed E-state index contributed by atoms with van der Waals surface area (Å²) in [7, 11) is 0. The number of nitro benzene ring substituents is 1. The molecule has 0 aliphatic carbocycles. The molecule has 21 heavy (non-hydrogen) atoms. The summed E-state index contributed by atoms with van der Waals surface area (Å²) in [6, 6.07) is 4.46. The second kappa shape index (κ2) is 6.29. The van der Waals surface area contributed by atoms with E-state index in [0.29, 0.717) is 13.0 Å². The van der Waals surface area contributed by atoms with Gasteiger partial charge in [-0.25, -0.2) is 4.98 Å². The molecule has 0 amide bonds. The Balaban J connectivity index is 1.97. The highest BCUT2D eigenvalue weighted by Crippen LogP contribution is 2.21. The molecule has 0 spiro atoms. The lowest BCUT2D eigenvalue weighted by Crippen LogP contribution is -2.11. The van der Waals surface area contributed by atoms with Crippen molar-refractivity contribution in [3.63, 3.8) is 0 Å². The van der Waals surface area contributed by atoms with Crippen molar-refractivity contribution in [1.29, 1.82) is 0 Å². The molecule has 0 bridgehead atoms. The van der Waals surface area contributed by atoms with E-state index < -0.39 is 11.5 Å². The minimum atomic E-state index is -2.61. The zero-order valence-corrected chi connectivity index (χ0v) is 11.3. The number of benzene rings is 1. The zero-order valence-electron chi connectivity index (χ0n) is 11.3. The number of halogens is 2. The smallest absolute Gasteiger partial charge is 0.319 e. The number of non-ortho nitro benzene ring substituents is 1. The van der Waals surface area contributed by atoms with Crippen molar-refractivity contribution >= 4 is 11.4 Å². The largest absolute Gasteiger partial charge is 0.384 e. The van der Waals surface area contributed by atoms with E-state index in [2.05, 4.69) is 10.3 Å². The third kappa shape index (κ3) is 3.53. The summed E-state index contributed by atoms with van der Waals surface area (Å²) in [5.74, 6) is 0.289. The average Bonchev–Trinajstić information content (AvgIpc) is 2.89. The first-order chi connectivity index (χ1) is 9.99. The van der Waals surface area contributed by atoms with E-state index in [-0.39, 0.29) is 11.5 Å². The lowest BCUT2D eigenvalue weighted by atomic mass is 10.2. The number of alkyl halides is 2. The van der Waals surface area contributed by atoms with Crippen molar-refractivity contribution in [3.8, 4) is 0 Å². The molecule has 0 fully saturated rings. The fourth-order valence-electron chi connectivity index (χ4n) is 1.98. The summed E-state index contributed by atoms with van der Waals surface area (Å²) >= 11 is 0. The van der Waals surface area contributed by atoms with E-state index in [1.165, 1.54) is 24.5 Å². The Hall–Kier alpha value is -2.51. The Bertz CT molecular complexity index is 643.